The van der Waals surface area contributed by atoms with Gasteiger partial charge in [0.05, 0.1) is 5.54 Å². The van der Waals surface area contributed by atoms with Crippen LogP contribution in [-0.2, 0) is 4.79 Å². The number of carbonyl (C=O) groups is 2. The van der Waals surface area contributed by atoms with Gasteiger partial charge in [0.15, 0.2) is 0 Å². The summed E-state index contributed by atoms with van der Waals surface area (Å²) in [6.07, 6.45) is 7.39. The molecular formula is C18H20N4O2. The van der Waals surface area contributed by atoms with E-state index in [-0.39, 0.29) is 23.3 Å². The van der Waals surface area contributed by atoms with Gasteiger partial charge in [-0.05, 0) is 36.6 Å². The summed E-state index contributed by atoms with van der Waals surface area (Å²) in [6.45, 7) is 1.30. The molecule has 4 heterocycles. The molecule has 2 amide bonds. The van der Waals surface area contributed by atoms with Crippen LogP contribution in [0.4, 0.5) is 0 Å². The summed E-state index contributed by atoms with van der Waals surface area (Å²) in [5.41, 5.74) is 1.46. The lowest BCUT2D eigenvalue weighted by molar-refractivity contribution is -0.120. The van der Waals surface area contributed by atoms with Crippen LogP contribution in [0, 0.1) is 0 Å². The van der Waals surface area contributed by atoms with Crippen molar-refractivity contribution in [1.29, 1.82) is 0 Å². The minimum atomic E-state index is -0.257. The molecule has 0 saturated carbocycles. The van der Waals surface area contributed by atoms with Gasteiger partial charge >= 0.3 is 0 Å². The number of nitrogens with one attached hydrogen (secondary N) is 2. The number of aromatic nitrogens is 2. The number of rotatable bonds is 2. The number of hydrogen-bond acceptors (Lipinski definition) is 3. The molecule has 0 unspecified atom stereocenters. The Morgan fingerprint density at radius 2 is 2.08 bits per heavy atom. The molecule has 2 aromatic rings. The first-order valence-corrected chi connectivity index (χ1v) is 8.32. The van der Waals surface area contributed by atoms with Crippen LogP contribution in [0.15, 0.2) is 42.9 Å². The third-order valence-electron chi connectivity index (χ3n) is 5.30. The van der Waals surface area contributed by atoms with Gasteiger partial charge in [-0.15, -0.1) is 0 Å². The van der Waals surface area contributed by atoms with Gasteiger partial charge in [-0.3, -0.25) is 14.6 Å². The number of hydrogen-bond donors (Lipinski definition) is 2. The first-order valence-electron chi connectivity index (χ1n) is 8.32. The van der Waals surface area contributed by atoms with Gasteiger partial charge in [-0.2, -0.15) is 0 Å². The molecular weight excluding hydrogens is 304 g/mol. The van der Waals surface area contributed by atoms with Crippen molar-refractivity contribution in [2.24, 2.45) is 0 Å². The van der Waals surface area contributed by atoms with Crippen LogP contribution in [0.5, 0.6) is 0 Å². The molecule has 2 aromatic heterocycles. The Bertz CT molecular complexity index is 734. The number of H-pyrrole nitrogens is 1. The Balaban J connectivity index is 1.52. The van der Waals surface area contributed by atoms with Gasteiger partial charge in [0.1, 0.15) is 5.69 Å². The van der Waals surface area contributed by atoms with Gasteiger partial charge in [-0.1, -0.05) is 6.07 Å². The van der Waals surface area contributed by atoms with Crippen molar-refractivity contribution >= 4 is 11.8 Å². The van der Waals surface area contributed by atoms with Gasteiger partial charge in [-0.25, -0.2) is 0 Å². The van der Waals surface area contributed by atoms with E-state index in [2.05, 4.69) is 15.3 Å². The Morgan fingerprint density at radius 1 is 1.25 bits per heavy atom. The van der Waals surface area contributed by atoms with Crippen LogP contribution < -0.4 is 5.32 Å². The lowest BCUT2D eigenvalue weighted by atomic mass is 9.74. The number of likely N-dealkylation sites (tertiary alicyclic amines) is 1. The fraction of sp³-hybridized carbons (Fsp3) is 0.389. The molecule has 6 nitrogen and oxygen atoms in total. The molecule has 2 N–H and O–H groups in total. The lowest BCUT2D eigenvalue weighted by Gasteiger charge is -2.42. The van der Waals surface area contributed by atoms with Crippen molar-refractivity contribution in [1.82, 2.24) is 20.2 Å². The van der Waals surface area contributed by atoms with E-state index >= 15 is 0 Å². The normalized spacial score (nSPS) is 22.6. The Morgan fingerprint density at radius 3 is 2.75 bits per heavy atom. The van der Waals surface area contributed by atoms with Crippen molar-refractivity contribution < 1.29 is 9.59 Å². The van der Waals surface area contributed by atoms with Crippen LogP contribution in [0.1, 0.15) is 41.2 Å². The van der Waals surface area contributed by atoms with Crippen molar-refractivity contribution in [2.75, 3.05) is 13.1 Å². The molecule has 4 rings (SSSR count). The number of pyridine rings is 1. The summed E-state index contributed by atoms with van der Waals surface area (Å²) in [4.78, 5) is 33.6. The fourth-order valence-corrected chi connectivity index (χ4v) is 4.03. The summed E-state index contributed by atoms with van der Waals surface area (Å²) in [5, 5.41) is 3.20. The van der Waals surface area contributed by atoms with E-state index in [1.54, 1.807) is 18.5 Å². The standard InChI is InChI=1S/C18H20N4O2/c23-16-11-14(13-3-1-7-19-12-13)18(21-16)5-9-22(10-6-18)17(24)15-4-2-8-20-15/h1-4,7-8,12,14,20H,5-6,9-11H2,(H,21,23)/t14-/m1/s1. The highest BCUT2D eigenvalue weighted by atomic mass is 16.2. The number of nitrogens with zero attached hydrogens (tertiary/aromatic N) is 2. The SMILES string of the molecule is O=C1C[C@H](c2cccnc2)C2(CCN(C(=O)c3ccc[nH]3)CC2)N1. The first kappa shape index (κ1) is 14.9. The second kappa shape index (κ2) is 5.78. The molecule has 1 atom stereocenters. The highest BCUT2D eigenvalue weighted by Gasteiger charge is 2.49. The molecule has 0 radical (unpaired) electrons. The summed E-state index contributed by atoms with van der Waals surface area (Å²) < 4.78 is 0. The predicted octanol–water partition coefficient (Wildman–Crippen LogP) is 1.69. The summed E-state index contributed by atoms with van der Waals surface area (Å²) >= 11 is 0. The second-order valence-electron chi connectivity index (χ2n) is 6.62. The average Bonchev–Trinajstić information content (AvgIpc) is 3.24. The minimum absolute atomic E-state index is 0.0251. The molecule has 2 aliphatic heterocycles. The van der Waals surface area contributed by atoms with E-state index in [1.807, 2.05) is 29.3 Å². The van der Waals surface area contributed by atoms with E-state index < -0.39 is 0 Å². The number of carbonyl (C=O) groups excluding carboxylic acids is 2. The third kappa shape index (κ3) is 2.48. The first-order chi connectivity index (χ1) is 11.7. The molecule has 0 aromatic carbocycles. The van der Waals surface area contributed by atoms with Gasteiger partial charge in [0, 0.05) is 44.0 Å². The molecule has 1 spiro atoms. The summed E-state index contributed by atoms with van der Waals surface area (Å²) in [5.74, 6) is 0.242. The van der Waals surface area contributed by atoms with Crippen molar-refractivity contribution in [3.05, 3.63) is 54.1 Å². The second-order valence-corrected chi connectivity index (χ2v) is 6.62. The number of piperidine rings is 1. The zero-order valence-corrected chi connectivity index (χ0v) is 13.4. The minimum Gasteiger partial charge on any atom is -0.357 e. The maximum Gasteiger partial charge on any atom is 0.270 e. The smallest absolute Gasteiger partial charge is 0.270 e. The van der Waals surface area contributed by atoms with Crippen LogP contribution in [0.2, 0.25) is 0 Å². The predicted molar refractivity (Wildman–Crippen MR) is 88.4 cm³/mol. The van der Waals surface area contributed by atoms with Gasteiger partial charge in [0.25, 0.3) is 5.91 Å². The maximum atomic E-state index is 12.5. The Hall–Kier alpha value is -2.63. The third-order valence-corrected chi connectivity index (χ3v) is 5.30. The van der Waals surface area contributed by atoms with Crippen molar-refractivity contribution in [3.8, 4) is 0 Å². The monoisotopic (exact) mass is 324 g/mol. The lowest BCUT2D eigenvalue weighted by Crippen LogP contribution is -2.54. The summed E-state index contributed by atoms with van der Waals surface area (Å²) in [6, 6.07) is 7.57. The van der Waals surface area contributed by atoms with Gasteiger partial charge < -0.3 is 15.2 Å². The largest absolute Gasteiger partial charge is 0.357 e. The highest BCUT2D eigenvalue weighted by Crippen LogP contribution is 2.42. The Kier molecular flexibility index (Phi) is 3.59. The van der Waals surface area contributed by atoms with E-state index in [1.165, 1.54) is 0 Å². The molecule has 2 fully saturated rings. The van der Waals surface area contributed by atoms with E-state index in [9.17, 15) is 9.59 Å². The zero-order valence-electron chi connectivity index (χ0n) is 13.4. The van der Waals surface area contributed by atoms with Crippen LogP contribution >= 0.6 is 0 Å². The van der Waals surface area contributed by atoms with E-state index in [0.717, 1.165) is 18.4 Å². The molecule has 6 heteroatoms. The molecule has 0 aliphatic carbocycles. The molecule has 2 aliphatic rings. The maximum absolute atomic E-state index is 12.5. The van der Waals surface area contributed by atoms with E-state index in [0.29, 0.717) is 25.2 Å². The molecule has 124 valence electrons. The van der Waals surface area contributed by atoms with Crippen molar-refractivity contribution in [2.45, 2.75) is 30.7 Å². The molecule has 0 bridgehead atoms. The quantitative estimate of drug-likeness (QED) is 0.882. The van der Waals surface area contributed by atoms with Gasteiger partial charge in [0.2, 0.25) is 5.91 Å². The Labute approximate surface area is 140 Å². The van der Waals surface area contributed by atoms with Crippen LogP contribution in [0.3, 0.4) is 0 Å². The topological polar surface area (TPSA) is 78.1 Å². The molecule has 2 saturated heterocycles. The molecule has 24 heavy (non-hydrogen) atoms. The van der Waals surface area contributed by atoms with Crippen molar-refractivity contribution in [3.63, 3.8) is 0 Å². The number of amides is 2. The zero-order chi connectivity index (χ0) is 16.6. The number of aromatic amines is 1. The average molecular weight is 324 g/mol. The van der Waals surface area contributed by atoms with Crippen LogP contribution in [-0.4, -0.2) is 45.3 Å². The fourth-order valence-electron chi connectivity index (χ4n) is 4.03. The van der Waals surface area contributed by atoms with E-state index in [4.69, 9.17) is 0 Å². The summed E-state index contributed by atoms with van der Waals surface area (Å²) in [7, 11) is 0. The van der Waals surface area contributed by atoms with Crippen LogP contribution in [0.25, 0.3) is 0 Å². The highest BCUT2D eigenvalue weighted by molar-refractivity contribution is 5.92.